The molecule has 0 fully saturated rings. The number of rotatable bonds is 5. The average Bonchev–Trinajstić information content (AvgIpc) is 2.61. The average molecular weight is 302 g/mol. The van der Waals surface area contributed by atoms with Gasteiger partial charge < -0.3 is 0 Å². The lowest BCUT2D eigenvalue weighted by atomic mass is 10.0. The maximum absolute atomic E-state index is 4.88. The zero-order chi connectivity index (χ0) is 16.1. The number of benzene rings is 2. The normalized spacial score (nSPS) is 10.7. The summed E-state index contributed by atoms with van der Waals surface area (Å²) in [5.41, 5.74) is 5.79. The van der Waals surface area contributed by atoms with Gasteiger partial charge in [0, 0.05) is 17.3 Å². The largest absolute Gasteiger partial charge is 0.236 e. The monoisotopic (exact) mass is 302 g/mol. The molecule has 2 heteroatoms. The van der Waals surface area contributed by atoms with Gasteiger partial charge in [-0.15, -0.1) is 0 Å². The van der Waals surface area contributed by atoms with Crippen LogP contribution in [0.25, 0.3) is 22.6 Å². The van der Waals surface area contributed by atoms with Gasteiger partial charge in [-0.3, -0.25) is 0 Å². The van der Waals surface area contributed by atoms with Crippen LogP contribution >= 0.6 is 0 Å². The Morgan fingerprint density at radius 3 is 2.30 bits per heavy atom. The van der Waals surface area contributed by atoms with Crippen molar-refractivity contribution in [2.45, 2.75) is 33.1 Å². The van der Waals surface area contributed by atoms with Gasteiger partial charge in [0.25, 0.3) is 0 Å². The number of aryl methyl sites for hydroxylation is 2. The van der Waals surface area contributed by atoms with E-state index in [0.29, 0.717) is 0 Å². The molecule has 116 valence electrons. The van der Waals surface area contributed by atoms with E-state index >= 15 is 0 Å². The van der Waals surface area contributed by atoms with Gasteiger partial charge in [-0.1, -0.05) is 73.5 Å². The molecule has 1 aromatic heterocycles. The summed E-state index contributed by atoms with van der Waals surface area (Å²) in [5, 5.41) is 0. The molecule has 1 heterocycles. The second-order valence-corrected chi connectivity index (χ2v) is 5.90. The Hall–Kier alpha value is -2.48. The fourth-order valence-corrected chi connectivity index (χ4v) is 2.64. The first-order valence-corrected chi connectivity index (χ1v) is 8.26. The van der Waals surface area contributed by atoms with Gasteiger partial charge in [-0.25, -0.2) is 9.97 Å². The van der Waals surface area contributed by atoms with Crippen molar-refractivity contribution < 1.29 is 0 Å². The molecular weight excluding hydrogens is 280 g/mol. The minimum atomic E-state index is 0.793. The molecule has 0 N–H and O–H groups in total. The van der Waals surface area contributed by atoms with Crippen molar-refractivity contribution in [3.8, 4) is 22.6 Å². The van der Waals surface area contributed by atoms with E-state index in [1.807, 2.05) is 24.4 Å². The van der Waals surface area contributed by atoms with Crippen molar-refractivity contribution in [2.24, 2.45) is 0 Å². The number of unbranched alkanes of at least 4 members (excludes halogenated alkanes) is 1. The van der Waals surface area contributed by atoms with Crippen molar-refractivity contribution in [2.75, 3.05) is 0 Å². The Bertz CT molecular complexity index is 762. The van der Waals surface area contributed by atoms with Gasteiger partial charge in [0.05, 0.1) is 5.69 Å². The predicted octanol–water partition coefficient (Wildman–Crippen LogP) is 5.46. The van der Waals surface area contributed by atoms with Crippen LogP contribution in [0.1, 0.15) is 30.9 Å². The van der Waals surface area contributed by atoms with Crippen molar-refractivity contribution in [1.82, 2.24) is 9.97 Å². The fourth-order valence-electron chi connectivity index (χ4n) is 2.64. The van der Waals surface area contributed by atoms with Crippen LogP contribution in [0.2, 0.25) is 0 Å². The summed E-state index contributed by atoms with van der Waals surface area (Å²) >= 11 is 0. The summed E-state index contributed by atoms with van der Waals surface area (Å²) in [5.74, 6) is 0.793. The Balaban J connectivity index is 2.07. The topological polar surface area (TPSA) is 25.8 Å². The molecule has 0 unspecified atom stereocenters. The minimum Gasteiger partial charge on any atom is -0.236 e. The van der Waals surface area contributed by atoms with E-state index in [-0.39, 0.29) is 0 Å². The Labute approximate surface area is 138 Å². The second kappa shape index (κ2) is 7.19. The van der Waals surface area contributed by atoms with Crippen LogP contribution in [0, 0.1) is 6.92 Å². The highest BCUT2D eigenvalue weighted by Gasteiger charge is 2.10. The summed E-state index contributed by atoms with van der Waals surface area (Å²) in [6, 6.07) is 18.8. The number of aromatic nitrogens is 2. The summed E-state index contributed by atoms with van der Waals surface area (Å²) < 4.78 is 0. The highest BCUT2D eigenvalue weighted by molar-refractivity contribution is 5.66. The quantitative estimate of drug-likeness (QED) is 0.625. The van der Waals surface area contributed by atoms with Gasteiger partial charge in [0.1, 0.15) is 0 Å². The van der Waals surface area contributed by atoms with E-state index < -0.39 is 0 Å². The van der Waals surface area contributed by atoms with Crippen LogP contribution in [-0.4, -0.2) is 9.97 Å². The predicted molar refractivity (Wildman–Crippen MR) is 96.3 cm³/mol. The van der Waals surface area contributed by atoms with Crippen LogP contribution in [0.3, 0.4) is 0 Å². The van der Waals surface area contributed by atoms with Crippen molar-refractivity contribution in [1.29, 1.82) is 0 Å². The SMILES string of the molecule is CCCCc1cnc(-c2ccccc2)nc1-c1ccc(C)cc1. The molecule has 0 saturated heterocycles. The lowest BCUT2D eigenvalue weighted by molar-refractivity contribution is 0.790. The van der Waals surface area contributed by atoms with Gasteiger partial charge >= 0.3 is 0 Å². The minimum absolute atomic E-state index is 0.793. The molecular formula is C21H22N2. The highest BCUT2D eigenvalue weighted by Crippen LogP contribution is 2.26. The molecule has 3 aromatic rings. The zero-order valence-electron chi connectivity index (χ0n) is 13.8. The molecule has 0 aliphatic carbocycles. The summed E-state index contributed by atoms with van der Waals surface area (Å²) in [7, 11) is 0. The van der Waals surface area contributed by atoms with Crippen LogP contribution in [0.15, 0.2) is 60.8 Å². The van der Waals surface area contributed by atoms with Crippen molar-refractivity contribution in [3.63, 3.8) is 0 Å². The Morgan fingerprint density at radius 2 is 1.61 bits per heavy atom. The number of hydrogen-bond acceptors (Lipinski definition) is 2. The lowest BCUT2D eigenvalue weighted by Crippen LogP contribution is -1.99. The van der Waals surface area contributed by atoms with E-state index in [2.05, 4.69) is 55.2 Å². The molecule has 23 heavy (non-hydrogen) atoms. The zero-order valence-corrected chi connectivity index (χ0v) is 13.8. The van der Waals surface area contributed by atoms with Gasteiger partial charge in [-0.2, -0.15) is 0 Å². The third-order valence-corrected chi connectivity index (χ3v) is 4.02. The van der Waals surface area contributed by atoms with Crippen molar-refractivity contribution in [3.05, 3.63) is 71.9 Å². The van der Waals surface area contributed by atoms with E-state index in [9.17, 15) is 0 Å². The standard InChI is InChI=1S/C21H22N2/c1-3-4-8-19-15-22-21(18-9-6-5-7-10-18)23-20(19)17-13-11-16(2)12-14-17/h5-7,9-15H,3-4,8H2,1-2H3. The van der Waals surface area contributed by atoms with Crippen LogP contribution in [-0.2, 0) is 6.42 Å². The first-order valence-electron chi connectivity index (χ1n) is 8.26. The smallest absolute Gasteiger partial charge is 0.159 e. The molecule has 0 bridgehead atoms. The third-order valence-electron chi connectivity index (χ3n) is 4.02. The molecule has 3 rings (SSSR count). The van der Waals surface area contributed by atoms with Crippen LogP contribution in [0.4, 0.5) is 0 Å². The molecule has 0 aliphatic rings. The molecule has 0 saturated carbocycles. The Kier molecular flexibility index (Phi) is 4.82. The lowest BCUT2D eigenvalue weighted by Gasteiger charge is -2.11. The second-order valence-electron chi connectivity index (χ2n) is 5.90. The van der Waals surface area contributed by atoms with E-state index in [1.54, 1.807) is 0 Å². The molecule has 0 amide bonds. The maximum atomic E-state index is 4.88. The van der Waals surface area contributed by atoms with E-state index in [0.717, 1.165) is 29.9 Å². The summed E-state index contributed by atoms with van der Waals surface area (Å²) in [6.07, 6.45) is 5.36. The molecule has 2 aromatic carbocycles. The van der Waals surface area contributed by atoms with E-state index in [4.69, 9.17) is 4.98 Å². The maximum Gasteiger partial charge on any atom is 0.159 e. The number of hydrogen-bond donors (Lipinski definition) is 0. The first-order chi connectivity index (χ1) is 11.3. The van der Waals surface area contributed by atoms with Crippen LogP contribution in [0.5, 0.6) is 0 Å². The molecule has 0 radical (unpaired) electrons. The van der Waals surface area contributed by atoms with Crippen molar-refractivity contribution >= 4 is 0 Å². The molecule has 0 atom stereocenters. The summed E-state index contributed by atoms with van der Waals surface area (Å²) in [6.45, 7) is 4.32. The molecule has 0 spiro atoms. The van der Waals surface area contributed by atoms with Gasteiger partial charge in [0.2, 0.25) is 0 Å². The third kappa shape index (κ3) is 3.65. The number of nitrogens with zero attached hydrogens (tertiary/aromatic N) is 2. The molecule has 0 aliphatic heterocycles. The van der Waals surface area contributed by atoms with Gasteiger partial charge in [0.15, 0.2) is 5.82 Å². The van der Waals surface area contributed by atoms with Crippen LogP contribution < -0.4 is 0 Å². The van der Waals surface area contributed by atoms with Gasteiger partial charge in [-0.05, 0) is 25.3 Å². The highest BCUT2D eigenvalue weighted by atomic mass is 14.9. The summed E-state index contributed by atoms with van der Waals surface area (Å²) in [4.78, 5) is 9.48. The van der Waals surface area contributed by atoms with E-state index in [1.165, 1.54) is 23.1 Å². The Morgan fingerprint density at radius 1 is 0.870 bits per heavy atom. The molecule has 2 nitrogen and oxygen atoms in total. The first kappa shape index (κ1) is 15.4. The fraction of sp³-hybridized carbons (Fsp3) is 0.238.